The SMILES string of the molecule is O=C(O)CC=Cc1ccccc1C=NO. The van der Waals surface area contributed by atoms with Crippen molar-refractivity contribution < 1.29 is 15.1 Å². The van der Waals surface area contributed by atoms with Crippen LogP contribution in [0.25, 0.3) is 6.08 Å². The van der Waals surface area contributed by atoms with Gasteiger partial charge in [-0.15, -0.1) is 0 Å². The Bertz CT molecular complexity index is 397. The molecular formula is C11H11NO3. The van der Waals surface area contributed by atoms with Gasteiger partial charge in [0.2, 0.25) is 0 Å². The largest absolute Gasteiger partial charge is 0.481 e. The molecule has 1 rings (SSSR count). The number of nitrogens with zero attached hydrogens (tertiary/aromatic N) is 1. The molecule has 0 fully saturated rings. The molecule has 4 nitrogen and oxygen atoms in total. The Morgan fingerprint density at radius 2 is 2.00 bits per heavy atom. The normalized spacial score (nSPS) is 11.2. The van der Waals surface area contributed by atoms with Crippen molar-refractivity contribution >= 4 is 18.3 Å². The molecule has 4 heteroatoms. The molecule has 0 aliphatic rings. The zero-order valence-corrected chi connectivity index (χ0v) is 8.00. The predicted octanol–water partition coefficient (Wildman–Crippen LogP) is 1.98. The lowest BCUT2D eigenvalue weighted by Crippen LogP contribution is -1.90. The second kappa shape index (κ2) is 5.59. The number of oxime groups is 1. The minimum absolute atomic E-state index is 0.0232. The number of aliphatic carboxylic acids is 1. The molecule has 0 unspecified atom stereocenters. The van der Waals surface area contributed by atoms with Crippen LogP contribution in [0.2, 0.25) is 0 Å². The van der Waals surface area contributed by atoms with E-state index in [9.17, 15) is 4.79 Å². The molecule has 0 aromatic heterocycles. The Hall–Kier alpha value is -2.10. The third-order valence-electron chi connectivity index (χ3n) is 1.78. The number of carboxylic acid groups (broad SMARTS) is 1. The third-order valence-corrected chi connectivity index (χ3v) is 1.78. The van der Waals surface area contributed by atoms with Crippen molar-refractivity contribution in [2.24, 2.45) is 5.16 Å². The highest BCUT2D eigenvalue weighted by Gasteiger charge is 1.95. The summed E-state index contributed by atoms with van der Waals surface area (Å²) in [5, 5.41) is 19.8. The fourth-order valence-electron chi connectivity index (χ4n) is 1.13. The van der Waals surface area contributed by atoms with E-state index < -0.39 is 5.97 Å². The lowest BCUT2D eigenvalue weighted by Gasteiger charge is -1.97. The standard InChI is InChI=1S/C11H11NO3/c13-11(14)7-3-6-9-4-1-2-5-10(9)8-12-15/h1-6,8,15H,7H2,(H,13,14). The molecular weight excluding hydrogens is 194 g/mol. The van der Waals surface area contributed by atoms with E-state index in [1.165, 1.54) is 6.21 Å². The molecule has 0 radical (unpaired) electrons. The summed E-state index contributed by atoms with van der Waals surface area (Å²) in [6, 6.07) is 7.23. The van der Waals surface area contributed by atoms with Crippen molar-refractivity contribution in [3.8, 4) is 0 Å². The summed E-state index contributed by atoms with van der Waals surface area (Å²) in [4.78, 5) is 10.3. The summed E-state index contributed by atoms with van der Waals surface area (Å²) in [6.07, 6.45) is 4.52. The van der Waals surface area contributed by atoms with Crippen molar-refractivity contribution in [3.05, 3.63) is 41.5 Å². The average molecular weight is 205 g/mol. The summed E-state index contributed by atoms with van der Waals surface area (Å²) in [7, 11) is 0. The van der Waals surface area contributed by atoms with Gasteiger partial charge in [-0.3, -0.25) is 4.79 Å². The highest BCUT2D eigenvalue weighted by molar-refractivity contribution is 5.85. The van der Waals surface area contributed by atoms with E-state index in [0.29, 0.717) is 0 Å². The topological polar surface area (TPSA) is 69.9 Å². The van der Waals surface area contributed by atoms with Crippen LogP contribution in [0, 0.1) is 0 Å². The molecule has 0 saturated heterocycles. The van der Waals surface area contributed by atoms with Gasteiger partial charge in [0, 0.05) is 5.56 Å². The van der Waals surface area contributed by atoms with Gasteiger partial charge < -0.3 is 10.3 Å². The highest BCUT2D eigenvalue weighted by Crippen LogP contribution is 2.08. The van der Waals surface area contributed by atoms with Gasteiger partial charge in [-0.2, -0.15) is 0 Å². The number of hydrogen-bond donors (Lipinski definition) is 2. The Balaban J connectivity index is 2.84. The van der Waals surface area contributed by atoms with Crippen molar-refractivity contribution in [1.29, 1.82) is 0 Å². The first-order valence-corrected chi connectivity index (χ1v) is 4.39. The number of benzene rings is 1. The van der Waals surface area contributed by atoms with Gasteiger partial charge in [-0.1, -0.05) is 41.6 Å². The monoisotopic (exact) mass is 205 g/mol. The average Bonchev–Trinajstić information content (AvgIpc) is 2.20. The molecule has 0 bridgehead atoms. The first kappa shape index (κ1) is 11.0. The van der Waals surface area contributed by atoms with Gasteiger partial charge in [-0.05, 0) is 5.56 Å². The number of rotatable bonds is 4. The molecule has 0 spiro atoms. The molecule has 0 heterocycles. The molecule has 0 amide bonds. The van der Waals surface area contributed by atoms with Gasteiger partial charge >= 0.3 is 5.97 Å². The van der Waals surface area contributed by atoms with Crippen LogP contribution in [-0.2, 0) is 4.79 Å². The van der Waals surface area contributed by atoms with Crippen molar-refractivity contribution in [2.45, 2.75) is 6.42 Å². The Kier molecular flexibility index (Phi) is 4.09. The molecule has 0 saturated carbocycles. The summed E-state index contributed by atoms with van der Waals surface area (Å²) >= 11 is 0. The van der Waals surface area contributed by atoms with Crippen LogP contribution in [0.1, 0.15) is 17.5 Å². The van der Waals surface area contributed by atoms with E-state index in [4.69, 9.17) is 10.3 Å². The third kappa shape index (κ3) is 3.64. The van der Waals surface area contributed by atoms with Crippen LogP contribution in [0.3, 0.4) is 0 Å². The Morgan fingerprint density at radius 3 is 2.60 bits per heavy atom. The second-order valence-electron chi connectivity index (χ2n) is 2.87. The minimum Gasteiger partial charge on any atom is -0.481 e. The fraction of sp³-hybridized carbons (Fsp3) is 0.0909. The van der Waals surface area contributed by atoms with E-state index >= 15 is 0 Å². The second-order valence-corrected chi connectivity index (χ2v) is 2.87. The maximum Gasteiger partial charge on any atom is 0.307 e. The molecule has 0 atom stereocenters. The predicted molar refractivity (Wildman–Crippen MR) is 57.1 cm³/mol. The van der Waals surface area contributed by atoms with Crippen LogP contribution < -0.4 is 0 Å². The van der Waals surface area contributed by atoms with Crippen molar-refractivity contribution in [2.75, 3.05) is 0 Å². The van der Waals surface area contributed by atoms with Crippen LogP contribution in [0.5, 0.6) is 0 Å². The molecule has 0 aliphatic carbocycles. The fourth-order valence-corrected chi connectivity index (χ4v) is 1.13. The lowest BCUT2D eigenvalue weighted by atomic mass is 10.1. The van der Waals surface area contributed by atoms with E-state index in [2.05, 4.69) is 5.16 Å². The van der Waals surface area contributed by atoms with Gasteiger partial charge in [0.1, 0.15) is 0 Å². The summed E-state index contributed by atoms with van der Waals surface area (Å²) in [5.41, 5.74) is 1.55. The summed E-state index contributed by atoms with van der Waals surface area (Å²) < 4.78 is 0. The molecule has 78 valence electrons. The molecule has 15 heavy (non-hydrogen) atoms. The van der Waals surface area contributed by atoms with Gasteiger partial charge in [-0.25, -0.2) is 0 Å². The molecule has 1 aromatic carbocycles. The van der Waals surface area contributed by atoms with Crippen LogP contribution in [0.15, 0.2) is 35.5 Å². The number of carbonyl (C=O) groups is 1. The van der Waals surface area contributed by atoms with Crippen LogP contribution in [0.4, 0.5) is 0 Å². The number of carboxylic acids is 1. The zero-order valence-electron chi connectivity index (χ0n) is 8.00. The zero-order chi connectivity index (χ0) is 11.1. The van der Waals surface area contributed by atoms with E-state index in [0.717, 1.165) is 11.1 Å². The maximum absolute atomic E-state index is 10.3. The van der Waals surface area contributed by atoms with Crippen LogP contribution in [-0.4, -0.2) is 22.5 Å². The smallest absolute Gasteiger partial charge is 0.307 e. The first-order valence-electron chi connectivity index (χ1n) is 4.39. The molecule has 0 aliphatic heterocycles. The van der Waals surface area contributed by atoms with Crippen LogP contribution >= 0.6 is 0 Å². The Morgan fingerprint density at radius 1 is 1.33 bits per heavy atom. The van der Waals surface area contributed by atoms with Gasteiger partial charge in [0.05, 0.1) is 12.6 Å². The Labute approximate surface area is 87.2 Å². The van der Waals surface area contributed by atoms with Crippen molar-refractivity contribution in [3.63, 3.8) is 0 Å². The highest BCUT2D eigenvalue weighted by atomic mass is 16.4. The van der Waals surface area contributed by atoms with Gasteiger partial charge in [0.15, 0.2) is 0 Å². The van der Waals surface area contributed by atoms with E-state index in [1.54, 1.807) is 18.2 Å². The molecule has 2 N–H and O–H groups in total. The van der Waals surface area contributed by atoms with E-state index in [1.807, 2.05) is 18.2 Å². The molecule has 1 aromatic rings. The summed E-state index contributed by atoms with van der Waals surface area (Å²) in [5.74, 6) is -0.875. The minimum atomic E-state index is -0.875. The number of hydrogen-bond acceptors (Lipinski definition) is 3. The van der Waals surface area contributed by atoms with E-state index in [-0.39, 0.29) is 6.42 Å². The lowest BCUT2D eigenvalue weighted by molar-refractivity contribution is -0.135. The van der Waals surface area contributed by atoms with Gasteiger partial charge in [0.25, 0.3) is 0 Å². The maximum atomic E-state index is 10.3. The quantitative estimate of drug-likeness (QED) is 0.448. The van der Waals surface area contributed by atoms with Crippen molar-refractivity contribution in [1.82, 2.24) is 0 Å². The summed E-state index contributed by atoms with van der Waals surface area (Å²) in [6.45, 7) is 0. The first-order chi connectivity index (χ1) is 7.24.